The number of rotatable bonds is 1. The molecule has 0 saturated heterocycles. The highest BCUT2D eigenvalue weighted by Crippen LogP contribution is 2.20. The molecule has 0 fully saturated rings. The van der Waals surface area contributed by atoms with E-state index < -0.39 is 0 Å². The first kappa shape index (κ1) is 11.5. The van der Waals surface area contributed by atoms with Crippen LogP contribution in [-0.2, 0) is 6.54 Å². The summed E-state index contributed by atoms with van der Waals surface area (Å²) in [6.07, 6.45) is 0. The Hall–Kier alpha value is -2.62. The fourth-order valence-electron chi connectivity index (χ4n) is 2.08. The molecule has 1 aliphatic rings. The Bertz CT molecular complexity index is 662. The number of hydrogen-bond donors (Lipinski definition) is 2. The van der Waals surface area contributed by atoms with Crippen molar-refractivity contribution in [2.45, 2.75) is 6.54 Å². The summed E-state index contributed by atoms with van der Waals surface area (Å²) >= 11 is 0. The monoisotopic (exact) mass is 251 g/mol. The normalized spacial score (nSPS) is 12.7. The summed E-state index contributed by atoms with van der Waals surface area (Å²) in [7, 11) is 0. The van der Waals surface area contributed by atoms with Crippen LogP contribution in [-0.4, -0.2) is 11.7 Å². The molecule has 0 saturated carbocycles. The van der Waals surface area contributed by atoms with E-state index in [4.69, 9.17) is 5.73 Å². The summed E-state index contributed by atoms with van der Waals surface area (Å²) in [5.74, 6) is 0.436. The third-order valence-electron chi connectivity index (χ3n) is 3.06. The molecule has 0 radical (unpaired) electrons. The van der Waals surface area contributed by atoms with Gasteiger partial charge in [0.1, 0.15) is 5.84 Å². The van der Waals surface area contributed by atoms with E-state index in [2.05, 4.69) is 10.3 Å². The third kappa shape index (κ3) is 2.20. The van der Waals surface area contributed by atoms with Gasteiger partial charge < -0.3 is 11.1 Å². The largest absolute Gasteiger partial charge is 0.399 e. The van der Waals surface area contributed by atoms with Crippen LogP contribution in [0.1, 0.15) is 21.5 Å². The first-order valence-corrected chi connectivity index (χ1v) is 6.03. The number of benzene rings is 2. The lowest BCUT2D eigenvalue weighted by Gasteiger charge is -2.07. The number of amidine groups is 1. The van der Waals surface area contributed by atoms with E-state index in [-0.39, 0.29) is 5.91 Å². The van der Waals surface area contributed by atoms with Crippen LogP contribution in [0.4, 0.5) is 5.69 Å². The minimum absolute atomic E-state index is 0.158. The SMILES string of the molecule is Nc1ccc2c(c1)C(NC(=O)c1ccccc1)=NC2. The molecule has 3 rings (SSSR count). The van der Waals surface area contributed by atoms with Crippen molar-refractivity contribution in [3.8, 4) is 0 Å². The average molecular weight is 251 g/mol. The van der Waals surface area contributed by atoms with Gasteiger partial charge in [0.05, 0.1) is 6.54 Å². The lowest BCUT2D eigenvalue weighted by Crippen LogP contribution is -2.30. The van der Waals surface area contributed by atoms with Crippen LogP contribution in [0, 0.1) is 0 Å². The van der Waals surface area contributed by atoms with Gasteiger partial charge in [-0.1, -0.05) is 24.3 Å². The van der Waals surface area contributed by atoms with Crippen molar-refractivity contribution < 1.29 is 4.79 Å². The molecule has 0 aliphatic carbocycles. The highest BCUT2D eigenvalue weighted by Gasteiger charge is 2.18. The van der Waals surface area contributed by atoms with E-state index in [9.17, 15) is 4.79 Å². The number of amides is 1. The summed E-state index contributed by atoms with van der Waals surface area (Å²) in [5.41, 5.74) is 9.04. The highest BCUT2D eigenvalue weighted by atomic mass is 16.1. The van der Waals surface area contributed by atoms with E-state index in [1.54, 1.807) is 12.1 Å². The number of nitrogens with zero attached hydrogens (tertiary/aromatic N) is 1. The molecule has 0 atom stereocenters. The minimum atomic E-state index is -0.158. The average Bonchev–Trinajstić information content (AvgIpc) is 2.82. The number of carbonyl (C=O) groups excluding carboxylic acids is 1. The number of hydrogen-bond acceptors (Lipinski definition) is 3. The van der Waals surface area contributed by atoms with Gasteiger partial charge in [0.25, 0.3) is 5.91 Å². The zero-order chi connectivity index (χ0) is 13.2. The van der Waals surface area contributed by atoms with Gasteiger partial charge in [0.2, 0.25) is 0 Å². The molecular formula is C15H13N3O. The first-order chi connectivity index (χ1) is 9.24. The fourth-order valence-corrected chi connectivity index (χ4v) is 2.08. The van der Waals surface area contributed by atoms with Crippen LogP contribution in [0.15, 0.2) is 53.5 Å². The van der Waals surface area contributed by atoms with Crippen molar-refractivity contribution in [1.82, 2.24) is 5.32 Å². The van der Waals surface area contributed by atoms with Crippen molar-refractivity contribution in [3.63, 3.8) is 0 Å². The molecule has 4 nitrogen and oxygen atoms in total. The number of nitrogens with two attached hydrogens (primary N) is 1. The second-order valence-corrected chi connectivity index (χ2v) is 4.40. The number of aliphatic imine (C=N–C) groups is 1. The second kappa shape index (κ2) is 4.57. The number of carbonyl (C=O) groups is 1. The van der Waals surface area contributed by atoms with Gasteiger partial charge in [-0.05, 0) is 29.8 Å². The minimum Gasteiger partial charge on any atom is -0.399 e. The molecule has 1 aliphatic heterocycles. The summed E-state index contributed by atoms with van der Waals surface area (Å²) in [5, 5.41) is 2.83. The molecule has 2 aromatic carbocycles. The Kier molecular flexibility index (Phi) is 2.76. The van der Waals surface area contributed by atoms with Crippen molar-refractivity contribution in [1.29, 1.82) is 0 Å². The standard InChI is InChI=1S/C15H13N3O/c16-12-7-6-11-9-17-14(13(11)8-12)18-15(19)10-4-2-1-3-5-10/h1-8H,9,16H2,(H,17,18,19). The van der Waals surface area contributed by atoms with Gasteiger partial charge in [0, 0.05) is 16.8 Å². The molecule has 1 heterocycles. The molecule has 1 amide bonds. The lowest BCUT2D eigenvalue weighted by atomic mass is 10.1. The zero-order valence-electron chi connectivity index (χ0n) is 10.3. The van der Waals surface area contributed by atoms with Crippen LogP contribution in [0.2, 0.25) is 0 Å². The van der Waals surface area contributed by atoms with Gasteiger partial charge in [-0.15, -0.1) is 0 Å². The van der Waals surface area contributed by atoms with E-state index >= 15 is 0 Å². The van der Waals surface area contributed by atoms with Crippen LogP contribution >= 0.6 is 0 Å². The second-order valence-electron chi connectivity index (χ2n) is 4.40. The third-order valence-corrected chi connectivity index (χ3v) is 3.06. The smallest absolute Gasteiger partial charge is 0.256 e. The maximum absolute atomic E-state index is 12.1. The Morgan fingerprint density at radius 3 is 2.74 bits per heavy atom. The van der Waals surface area contributed by atoms with Crippen molar-refractivity contribution in [3.05, 3.63) is 65.2 Å². The highest BCUT2D eigenvalue weighted by molar-refractivity contribution is 6.14. The lowest BCUT2D eigenvalue weighted by molar-refractivity contribution is 0.0977. The molecule has 0 unspecified atom stereocenters. The Morgan fingerprint density at radius 2 is 1.95 bits per heavy atom. The number of nitrogen functional groups attached to an aromatic ring is 1. The molecule has 4 heteroatoms. The summed E-state index contributed by atoms with van der Waals surface area (Å²) in [4.78, 5) is 16.4. The topological polar surface area (TPSA) is 67.5 Å². The van der Waals surface area contributed by atoms with Gasteiger partial charge >= 0.3 is 0 Å². The maximum Gasteiger partial charge on any atom is 0.256 e. The molecule has 2 aromatic rings. The van der Waals surface area contributed by atoms with Crippen LogP contribution in [0.3, 0.4) is 0 Å². The predicted molar refractivity (Wildman–Crippen MR) is 75.0 cm³/mol. The molecule has 0 spiro atoms. The maximum atomic E-state index is 12.1. The molecule has 0 aromatic heterocycles. The van der Waals surface area contributed by atoms with E-state index in [0.29, 0.717) is 23.6 Å². The van der Waals surface area contributed by atoms with Crippen LogP contribution in [0.5, 0.6) is 0 Å². The molecule has 0 bridgehead atoms. The molecule has 19 heavy (non-hydrogen) atoms. The molecular weight excluding hydrogens is 238 g/mol. The number of anilines is 1. The number of fused-ring (bicyclic) bond motifs is 1. The molecule has 3 N–H and O–H groups in total. The zero-order valence-corrected chi connectivity index (χ0v) is 10.3. The van der Waals surface area contributed by atoms with Crippen molar-refractivity contribution in [2.75, 3.05) is 5.73 Å². The first-order valence-electron chi connectivity index (χ1n) is 6.03. The summed E-state index contributed by atoms with van der Waals surface area (Å²) < 4.78 is 0. The van der Waals surface area contributed by atoms with Gasteiger partial charge in [-0.2, -0.15) is 0 Å². The number of nitrogens with one attached hydrogen (secondary N) is 1. The van der Waals surface area contributed by atoms with Gasteiger partial charge in [-0.3, -0.25) is 9.79 Å². The summed E-state index contributed by atoms with van der Waals surface area (Å²) in [6.45, 7) is 0.583. The van der Waals surface area contributed by atoms with E-state index in [1.165, 1.54) is 0 Å². The van der Waals surface area contributed by atoms with Crippen LogP contribution in [0.25, 0.3) is 0 Å². The fraction of sp³-hybridized carbons (Fsp3) is 0.0667. The Morgan fingerprint density at radius 1 is 1.16 bits per heavy atom. The van der Waals surface area contributed by atoms with E-state index in [0.717, 1.165) is 11.1 Å². The Labute approximate surface area is 111 Å². The van der Waals surface area contributed by atoms with Gasteiger partial charge in [0.15, 0.2) is 0 Å². The quantitative estimate of drug-likeness (QED) is 0.761. The van der Waals surface area contributed by atoms with Crippen LogP contribution < -0.4 is 11.1 Å². The molecule has 94 valence electrons. The van der Waals surface area contributed by atoms with Crippen molar-refractivity contribution >= 4 is 17.4 Å². The Balaban J connectivity index is 1.84. The van der Waals surface area contributed by atoms with Gasteiger partial charge in [-0.25, -0.2) is 0 Å². The van der Waals surface area contributed by atoms with Crippen molar-refractivity contribution in [2.24, 2.45) is 4.99 Å². The van der Waals surface area contributed by atoms with E-state index in [1.807, 2.05) is 36.4 Å². The predicted octanol–water partition coefficient (Wildman–Crippen LogP) is 1.96. The summed E-state index contributed by atoms with van der Waals surface area (Å²) in [6, 6.07) is 14.7.